The van der Waals surface area contributed by atoms with Gasteiger partial charge in [0.05, 0.1) is 0 Å². The minimum atomic E-state index is -0.711. The smallest absolute Gasteiger partial charge is 0.219 e. The molecule has 1 nitrogen and oxygen atoms in total. The van der Waals surface area contributed by atoms with Gasteiger partial charge < -0.3 is 0 Å². The Morgan fingerprint density at radius 3 is 2.38 bits per heavy atom. The van der Waals surface area contributed by atoms with Gasteiger partial charge in [-0.3, -0.25) is 4.79 Å². The summed E-state index contributed by atoms with van der Waals surface area (Å²) >= 11 is 1.11. The fourth-order valence-electron chi connectivity index (χ4n) is 1.27. The predicted octanol–water partition coefficient (Wildman–Crippen LogP) is 4.03. The van der Waals surface area contributed by atoms with E-state index >= 15 is 0 Å². The maximum atomic E-state index is 12.8. The molecule has 0 bridgehead atoms. The van der Waals surface area contributed by atoms with Crippen LogP contribution >= 0.6 is 11.8 Å². The van der Waals surface area contributed by atoms with Gasteiger partial charge in [0, 0.05) is 17.4 Å². The fraction of sp³-hybridized carbons (Fsp3) is 0.417. The maximum Gasteiger partial charge on any atom is 0.219 e. The van der Waals surface area contributed by atoms with E-state index < -0.39 is 11.6 Å². The zero-order chi connectivity index (χ0) is 12.0. The molecular weight excluding hydrogens is 230 g/mol. The number of carbonyl (C=O) groups is 1. The number of unbranched alkanes of at least 4 members (excludes halogenated alkanes) is 2. The van der Waals surface area contributed by atoms with E-state index in [1.165, 1.54) is 0 Å². The Kier molecular flexibility index (Phi) is 5.46. The molecule has 0 aromatic heterocycles. The lowest BCUT2D eigenvalue weighted by Gasteiger charge is -2.01. The molecule has 1 rings (SSSR count). The number of benzene rings is 1. The molecule has 0 saturated carbocycles. The average Bonchev–Trinajstić information content (AvgIpc) is 2.22. The van der Waals surface area contributed by atoms with Crippen molar-refractivity contribution in [1.82, 2.24) is 0 Å². The van der Waals surface area contributed by atoms with Crippen LogP contribution in [0.2, 0.25) is 0 Å². The largest absolute Gasteiger partial charge is 0.282 e. The van der Waals surface area contributed by atoms with Gasteiger partial charge in [-0.25, -0.2) is 8.78 Å². The van der Waals surface area contributed by atoms with E-state index in [4.69, 9.17) is 0 Å². The van der Waals surface area contributed by atoms with Crippen molar-refractivity contribution >= 4 is 16.9 Å². The molecule has 0 aliphatic rings. The highest BCUT2D eigenvalue weighted by Gasteiger charge is 2.09. The molecule has 0 saturated heterocycles. The van der Waals surface area contributed by atoms with Crippen LogP contribution in [-0.2, 0) is 0 Å². The van der Waals surface area contributed by atoms with Crippen molar-refractivity contribution in [3.63, 3.8) is 0 Å². The highest BCUT2D eigenvalue weighted by Crippen LogP contribution is 2.16. The molecule has 0 atom stereocenters. The number of rotatable bonds is 5. The van der Waals surface area contributed by atoms with Crippen LogP contribution in [0.1, 0.15) is 36.5 Å². The molecule has 0 aliphatic heterocycles. The highest BCUT2D eigenvalue weighted by molar-refractivity contribution is 8.14. The minimum Gasteiger partial charge on any atom is -0.282 e. The molecule has 0 heterocycles. The zero-order valence-electron chi connectivity index (χ0n) is 9.13. The molecule has 0 fully saturated rings. The van der Waals surface area contributed by atoms with Crippen molar-refractivity contribution < 1.29 is 13.6 Å². The monoisotopic (exact) mass is 244 g/mol. The standard InChI is InChI=1S/C12H14F2OS/c1-2-3-4-5-16-12(15)9-6-10(13)8-11(14)7-9/h6-8H,2-5H2,1H3. The van der Waals surface area contributed by atoms with Crippen LogP contribution < -0.4 is 0 Å². The summed E-state index contributed by atoms with van der Waals surface area (Å²) in [5.41, 5.74) is 0.0963. The third-order valence-corrected chi connectivity index (χ3v) is 3.07. The molecule has 0 spiro atoms. The van der Waals surface area contributed by atoms with Crippen LogP contribution in [0.5, 0.6) is 0 Å². The summed E-state index contributed by atoms with van der Waals surface area (Å²) in [5.74, 6) is -0.722. The van der Waals surface area contributed by atoms with Gasteiger partial charge >= 0.3 is 0 Å². The first-order valence-electron chi connectivity index (χ1n) is 5.26. The van der Waals surface area contributed by atoms with Gasteiger partial charge in [0.1, 0.15) is 11.6 Å². The van der Waals surface area contributed by atoms with E-state index in [9.17, 15) is 13.6 Å². The predicted molar refractivity (Wildman–Crippen MR) is 62.7 cm³/mol. The van der Waals surface area contributed by atoms with Gasteiger partial charge in [0.25, 0.3) is 0 Å². The van der Waals surface area contributed by atoms with Gasteiger partial charge in [-0.15, -0.1) is 0 Å². The van der Waals surface area contributed by atoms with Gasteiger partial charge in [-0.1, -0.05) is 31.5 Å². The summed E-state index contributed by atoms with van der Waals surface area (Å²) in [6.45, 7) is 2.08. The second-order valence-electron chi connectivity index (χ2n) is 3.50. The number of halogens is 2. The quantitative estimate of drug-likeness (QED) is 0.727. The summed E-state index contributed by atoms with van der Waals surface area (Å²) in [7, 11) is 0. The Hall–Kier alpha value is -0.900. The fourth-order valence-corrected chi connectivity index (χ4v) is 2.09. The van der Waals surface area contributed by atoms with E-state index in [1.807, 2.05) is 0 Å². The molecule has 16 heavy (non-hydrogen) atoms. The third-order valence-electron chi connectivity index (χ3n) is 2.08. The van der Waals surface area contributed by atoms with E-state index in [1.54, 1.807) is 0 Å². The molecule has 1 aromatic rings. The van der Waals surface area contributed by atoms with Crippen LogP contribution in [0.3, 0.4) is 0 Å². The minimum absolute atomic E-state index is 0.0963. The van der Waals surface area contributed by atoms with E-state index in [2.05, 4.69) is 6.92 Å². The van der Waals surface area contributed by atoms with E-state index in [0.29, 0.717) is 5.75 Å². The molecule has 0 amide bonds. The van der Waals surface area contributed by atoms with Crippen molar-refractivity contribution in [2.24, 2.45) is 0 Å². The van der Waals surface area contributed by atoms with Crippen LogP contribution in [0, 0.1) is 11.6 Å². The van der Waals surface area contributed by atoms with Crippen molar-refractivity contribution in [3.8, 4) is 0 Å². The highest BCUT2D eigenvalue weighted by atomic mass is 32.2. The van der Waals surface area contributed by atoms with E-state index in [-0.39, 0.29) is 10.7 Å². The lowest BCUT2D eigenvalue weighted by atomic mass is 10.2. The summed E-state index contributed by atoms with van der Waals surface area (Å²) in [6, 6.07) is 2.90. The Morgan fingerprint density at radius 2 is 1.81 bits per heavy atom. The van der Waals surface area contributed by atoms with E-state index in [0.717, 1.165) is 49.2 Å². The van der Waals surface area contributed by atoms with Gasteiger partial charge in [-0.2, -0.15) is 0 Å². The first kappa shape index (κ1) is 13.2. The average molecular weight is 244 g/mol. The first-order chi connectivity index (χ1) is 7.63. The lowest BCUT2D eigenvalue weighted by Crippen LogP contribution is -1.97. The molecule has 1 aromatic carbocycles. The van der Waals surface area contributed by atoms with Crippen LogP contribution in [0.25, 0.3) is 0 Å². The first-order valence-corrected chi connectivity index (χ1v) is 6.25. The SMILES string of the molecule is CCCCCSC(=O)c1cc(F)cc(F)c1. The lowest BCUT2D eigenvalue weighted by molar-refractivity contribution is 0.108. The Bertz CT molecular complexity index is 346. The van der Waals surface area contributed by atoms with Crippen molar-refractivity contribution in [3.05, 3.63) is 35.4 Å². The van der Waals surface area contributed by atoms with Gasteiger partial charge in [0.15, 0.2) is 0 Å². The maximum absolute atomic E-state index is 12.8. The number of carbonyl (C=O) groups excluding carboxylic acids is 1. The molecule has 88 valence electrons. The zero-order valence-corrected chi connectivity index (χ0v) is 9.95. The summed E-state index contributed by atoms with van der Waals surface area (Å²) in [5, 5.41) is -0.269. The van der Waals surface area contributed by atoms with Gasteiger partial charge in [-0.05, 0) is 18.6 Å². The molecule has 0 radical (unpaired) electrons. The number of hydrogen-bond acceptors (Lipinski definition) is 2. The summed E-state index contributed by atoms with van der Waals surface area (Å²) < 4.78 is 25.7. The topological polar surface area (TPSA) is 17.1 Å². The Morgan fingerprint density at radius 1 is 1.19 bits per heavy atom. The van der Waals surface area contributed by atoms with Gasteiger partial charge in [0.2, 0.25) is 5.12 Å². The summed E-state index contributed by atoms with van der Waals surface area (Å²) in [6.07, 6.45) is 3.10. The Labute approximate surface area is 98.2 Å². The van der Waals surface area contributed by atoms with Crippen molar-refractivity contribution in [2.45, 2.75) is 26.2 Å². The van der Waals surface area contributed by atoms with Crippen LogP contribution in [0.15, 0.2) is 18.2 Å². The molecule has 4 heteroatoms. The van der Waals surface area contributed by atoms with Crippen molar-refractivity contribution in [1.29, 1.82) is 0 Å². The van der Waals surface area contributed by atoms with Crippen molar-refractivity contribution in [2.75, 3.05) is 5.75 Å². The second kappa shape index (κ2) is 6.63. The third kappa shape index (κ3) is 4.31. The molecular formula is C12H14F2OS. The number of hydrogen-bond donors (Lipinski definition) is 0. The van der Waals surface area contributed by atoms with Crippen LogP contribution in [-0.4, -0.2) is 10.9 Å². The molecule has 0 N–H and O–H groups in total. The molecule has 0 aliphatic carbocycles. The summed E-state index contributed by atoms with van der Waals surface area (Å²) in [4.78, 5) is 11.5. The second-order valence-corrected chi connectivity index (χ2v) is 4.57. The Balaban J connectivity index is 2.52. The molecule has 0 unspecified atom stereocenters. The van der Waals surface area contributed by atoms with Crippen LogP contribution in [0.4, 0.5) is 8.78 Å². The number of thioether (sulfide) groups is 1. The normalized spacial score (nSPS) is 10.4.